The molecule has 0 N–H and O–H groups in total. The van der Waals surface area contributed by atoms with E-state index in [0.717, 1.165) is 0 Å². The number of alkyl halides is 1. The van der Waals surface area contributed by atoms with Gasteiger partial charge in [-0.1, -0.05) is 25.4 Å². The second kappa shape index (κ2) is 2.70. The molecule has 0 aromatic rings. The van der Waals surface area contributed by atoms with Gasteiger partial charge in [-0.15, -0.1) is 4.20 Å². The lowest BCUT2D eigenvalue weighted by Gasteiger charge is -2.34. The molecule has 0 saturated carbocycles. The zero-order valence-corrected chi connectivity index (χ0v) is 7.86. The molecule has 0 bridgehead atoms. The van der Waals surface area contributed by atoms with Gasteiger partial charge in [-0.2, -0.15) is 0 Å². The van der Waals surface area contributed by atoms with Gasteiger partial charge in [0.05, 0.1) is 6.61 Å². The van der Waals surface area contributed by atoms with Crippen LogP contribution in [-0.2, 0) is 13.6 Å². The van der Waals surface area contributed by atoms with Gasteiger partial charge in [-0.25, -0.2) is 4.57 Å². The number of rotatable bonds is 0. The Bertz CT molecular complexity index is 208. The summed E-state index contributed by atoms with van der Waals surface area (Å²) in [5.41, 5.74) is -1.39. The second-order valence-corrected chi connectivity index (χ2v) is 4.84. The largest absolute Gasteiger partial charge is 0.514 e. The van der Waals surface area contributed by atoms with Gasteiger partial charge in [0.1, 0.15) is 0 Å². The van der Waals surface area contributed by atoms with Crippen molar-refractivity contribution in [2.75, 3.05) is 6.61 Å². The van der Waals surface area contributed by atoms with E-state index in [4.69, 9.17) is 11.6 Å². The minimum atomic E-state index is -4.35. The number of hydrogen-bond acceptors (Lipinski definition) is 3. The Morgan fingerprint density at radius 3 is 2.64 bits per heavy atom. The monoisotopic (exact) mass is 202 g/mol. The maximum absolute atomic E-state index is 12.5. The predicted molar refractivity (Wildman–Crippen MR) is 39.2 cm³/mol. The fourth-order valence-electron chi connectivity index (χ4n) is 0.593. The Labute approximate surface area is 69.5 Å². The van der Waals surface area contributed by atoms with Crippen LogP contribution in [0, 0.1) is 5.41 Å². The Hall–Kier alpha value is 0.370. The molecular weight excluding hydrogens is 193 g/mol. The van der Waals surface area contributed by atoms with E-state index < -0.39 is 18.9 Å². The SMILES string of the molecule is CC1(C)COP(=O)(F)OC1Cl. The first-order valence-corrected chi connectivity index (χ1v) is 4.97. The van der Waals surface area contributed by atoms with E-state index in [-0.39, 0.29) is 6.61 Å². The molecular formula is C5H9ClFO3P. The van der Waals surface area contributed by atoms with Crippen LogP contribution in [0.5, 0.6) is 0 Å². The molecule has 1 aliphatic rings. The molecule has 0 amide bonds. The van der Waals surface area contributed by atoms with Crippen molar-refractivity contribution in [2.24, 2.45) is 5.41 Å². The van der Waals surface area contributed by atoms with Crippen LogP contribution in [0.3, 0.4) is 0 Å². The molecule has 1 aliphatic heterocycles. The van der Waals surface area contributed by atoms with Gasteiger partial charge in [-0.05, 0) is 0 Å². The van der Waals surface area contributed by atoms with Crippen LogP contribution in [0.1, 0.15) is 13.8 Å². The van der Waals surface area contributed by atoms with Gasteiger partial charge >= 0.3 is 7.91 Å². The standard InChI is InChI=1S/C5H9ClFO3P/c1-5(2)3-9-11(7,8)10-4(5)6/h4H,3H2,1-2H3. The van der Waals surface area contributed by atoms with Crippen LogP contribution < -0.4 is 0 Å². The van der Waals surface area contributed by atoms with Crippen LogP contribution in [0.25, 0.3) is 0 Å². The van der Waals surface area contributed by atoms with Crippen LogP contribution in [-0.4, -0.2) is 12.2 Å². The third-order valence-electron chi connectivity index (χ3n) is 1.42. The van der Waals surface area contributed by atoms with Crippen LogP contribution in [0.2, 0.25) is 0 Å². The highest BCUT2D eigenvalue weighted by molar-refractivity contribution is 7.48. The molecule has 0 aliphatic carbocycles. The van der Waals surface area contributed by atoms with Crippen molar-refractivity contribution in [3.05, 3.63) is 0 Å². The molecule has 0 aromatic heterocycles. The summed E-state index contributed by atoms with van der Waals surface area (Å²) >= 11 is 5.58. The molecule has 6 heteroatoms. The van der Waals surface area contributed by atoms with E-state index in [9.17, 15) is 8.76 Å². The molecule has 2 unspecified atom stereocenters. The quantitative estimate of drug-likeness (QED) is 0.448. The van der Waals surface area contributed by atoms with E-state index in [2.05, 4.69) is 9.05 Å². The summed E-state index contributed by atoms with van der Waals surface area (Å²) in [5.74, 6) is 0. The predicted octanol–water partition coefficient (Wildman–Crippen LogP) is 2.70. The highest BCUT2D eigenvalue weighted by atomic mass is 35.5. The van der Waals surface area contributed by atoms with Gasteiger partial charge in [0, 0.05) is 5.41 Å². The summed E-state index contributed by atoms with van der Waals surface area (Å²) in [6.07, 6.45) is 0. The van der Waals surface area contributed by atoms with Crippen molar-refractivity contribution in [2.45, 2.75) is 19.4 Å². The summed E-state index contributed by atoms with van der Waals surface area (Å²) in [7, 11) is -4.35. The minimum Gasteiger partial charge on any atom is -0.283 e. The molecule has 0 spiro atoms. The van der Waals surface area contributed by atoms with E-state index >= 15 is 0 Å². The fourth-order valence-corrected chi connectivity index (χ4v) is 2.00. The third kappa shape index (κ3) is 2.15. The Balaban J connectivity index is 2.70. The van der Waals surface area contributed by atoms with Gasteiger partial charge in [0.2, 0.25) is 0 Å². The lowest BCUT2D eigenvalue weighted by atomic mass is 9.96. The van der Waals surface area contributed by atoms with E-state index in [1.54, 1.807) is 13.8 Å². The van der Waals surface area contributed by atoms with Crippen molar-refractivity contribution in [1.82, 2.24) is 0 Å². The summed E-state index contributed by atoms with van der Waals surface area (Å²) in [4.78, 5) is 0. The first kappa shape index (κ1) is 9.46. The van der Waals surface area contributed by atoms with Crippen molar-refractivity contribution < 1.29 is 17.8 Å². The summed E-state index contributed by atoms with van der Waals surface area (Å²) < 4.78 is 31.7. The average molecular weight is 203 g/mol. The molecule has 0 aromatic carbocycles. The van der Waals surface area contributed by atoms with E-state index in [1.807, 2.05) is 0 Å². The van der Waals surface area contributed by atoms with Crippen LogP contribution in [0.4, 0.5) is 4.20 Å². The Morgan fingerprint density at radius 2 is 2.27 bits per heavy atom. The minimum absolute atomic E-state index is 0.00887. The van der Waals surface area contributed by atoms with Gasteiger partial charge in [0.25, 0.3) is 0 Å². The summed E-state index contributed by atoms with van der Waals surface area (Å²) in [6.45, 7) is 3.49. The molecule has 2 atom stereocenters. The van der Waals surface area contributed by atoms with E-state index in [1.165, 1.54) is 0 Å². The third-order valence-corrected chi connectivity index (χ3v) is 3.13. The lowest BCUT2D eigenvalue weighted by Crippen LogP contribution is -2.34. The number of hydrogen-bond donors (Lipinski definition) is 0. The van der Waals surface area contributed by atoms with E-state index in [0.29, 0.717) is 0 Å². The van der Waals surface area contributed by atoms with Crippen LogP contribution >= 0.6 is 19.5 Å². The van der Waals surface area contributed by atoms with Crippen molar-refractivity contribution in [1.29, 1.82) is 0 Å². The molecule has 1 rings (SSSR count). The Morgan fingerprint density at radius 1 is 1.73 bits per heavy atom. The molecule has 3 nitrogen and oxygen atoms in total. The van der Waals surface area contributed by atoms with Gasteiger partial charge in [-0.3, -0.25) is 9.05 Å². The molecule has 1 heterocycles. The zero-order valence-electron chi connectivity index (χ0n) is 6.21. The molecule has 11 heavy (non-hydrogen) atoms. The maximum atomic E-state index is 12.5. The summed E-state index contributed by atoms with van der Waals surface area (Å²) in [5, 5.41) is 0. The van der Waals surface area contributed by atoms with Gasteiger partial charge in [0.15, 0.2) is 5.56 Å². The molecule has 66 valence electrons. The van der Waals surface area contributed by atoms with Crippen molar-refractivity contribution in [3.63, 3.8) is 0 Å². The fraction of sp³-hybridized carbons (Fsp3) is 1.00. The average Bonchev–Trinajstić information content (AvgIpc) is 1.81. The first-order chi connectivity index (χ1) is 4.83. The normalized spacial score (nSPS) is 43.8. The second-order valence-electron chi connectivity index (χ2n) is 3.11. The zero-order chi connectivity index (χ0) is 8.70. The molecule has 1 saturated heterocycles. The highest BCUT2D eigenvalue weighted by Gasteiger charge is 2.43. The first-order valence-electron chi connectivity index (χ1n) is 3.10. The Kier molecular flexibility index (Phi) is 2.32. The van der Waals surface area contributed by atoms with Crippen molar-refractivity contribution in [3.8, 4) is 0 Å². The number of halogens is 2. The molecule has 0 radical (unpaired) electrons. The molecule has 1 fully saturated rings. The maximum Gasteiger partial charge on any atom is 0.514 e. The highest BCUT2D eigenvalue weighted by Crippen LogP contribution is 2.58. The topological polar surface area (TPSA) is 35.5 Å². The smallest absolute Gasteiger partial charge is 0.283 e. The van der Waals surface area contributed by atoms with Crippen LogP contribution in [0.15, 0.2) is 0 Å². The lowest BCUT2D eigenvalue weighted by molar-refractivity contribution is 0.00414. The van der Waals surface area contributed by atoms with Crippen molar-refractivity contribution >= 4 is 19.5 Å². The van der Waals surface area contributed by atoms with Gasteiger partial charge < -0.3 is 0 Å². The summed E-state index contributed by atoms with van der Waals surface area (Å²) in [6, 6.07) is 0.